The van der Waals surface area contributed by atoms with Crippen LogP contribution >= 0.6 is 11.3 Å². The number of aliphatic hydroxyl groups excluding tert-OH is 1. The van der Waals surface area contributed by atoms with Crippen molar-refractivity contribution < 1.29 is 14.6 Å². The van der Waals surface area contributed by atoms with E-state index in [0.29, 0.717) is 17.9 Å². The molecule has 0 saturated carbocycles. The summed E-state index contributed by atoms with van der Waals surface area (Å²) >= 11 is 1.51. The minimum atomic E-state index is -0.690. The second kappa shape index (κ2) is 7.07. The zero-order chi connectivity index (χ0) is 14.4. The molecule has 1 atom stereocenters. The van der Waals surface area contributed by atoms with Crippen molar-refractivity contribution in [2.45, 2.75) is 13.0 Å². The van der Waals surface area contributed by atoms with Gasteiger partial charge in [0, 0.05) is 6.54 Å². The summed E-state index contributed by atoms with van der Waals surface area (Å²) in [6.45, 7) is 2.55. The van der Waals surface area contributed by atoms with Gasteiger partial charge in [-0.05, 0) is 41.4 Å². The number of hydrogen-bond donors (Lipinski definition) is 2. The van der Waals surface area contributed by atoms with Crippen LogP contribution in [0.2, 0.25) is 0 Å². The molecule has 0 aliphatic carbocycles. The first-order valence-electron chi connectivity index (χ1n) is 6.42. The second-order valence-electron chi connectivity index (χ2n) is 4.21. The quantitative estimate of drug-likeness (QED) is 0.860. The summed E-state index contributed by atoms with van der Waals surface area (Å²) in [5.74, 6) is 0.306. The Morgan fingerprint density at radius 3 is 2.90 bits per heavy atom. The van der Waals surface area contributed by atoms with E-state index in [2.05, 4.69) is 5.32 Å². The summed E-state index contributed by atoms with van der Waals surface area (Å²) in [7, 11) is 0. The monoisotopic (exact) mass is 291 g/mol. The van der Waals surface area contributed by atoms with Gasteiger partial charge in [-0.15, -0.1) is 0 Å². The number of thiophene rings is 1. The molecule has 0 aliphatic rings. The second-order valence-corrected chi connectivity index (χ2v) is 4.99. The Labute approximate surface area is 122 Å². The molecular formula is C15H17NO3S. The Hall–Kier alpha value is -1.85. The summed E-state index contributed by atoms with van der Waals surface area (Å²) in [5.41, 5.74) is 1.29. The van der Waals surface area contributed by atoms with Gasteiger partial charge in [-0.25, -0.2) is 0 Å². The number of carbonyl (C=O) groups excluding carboxylic acids is 1. The first-order chi connectivity index (χ1) is 9.72. The van der Waals surface area contributed by atoms with E-state index >= 15 is 0 Å². The van der Waals surface area contributed by atoms with Gasteiger partial charge in [-0.1, -0.05) is 12.1 Å². The number of amides is 1. The van der Waals surface area contributed by atoms with E-state index in [1.165, 1.54) is 11.3 Å². The van der Waals surface area contributed by atoms with Crippen LogP contribution in [-0.4, -0.2) is 24.2 Å². The van der Waals surface area contributed by atoms with Crippen LogP contribution in [0.4, 0.5) is 0 Å². The van der Waals surface area contributed by atoms with Crippen LogP contribution in [0.25, 0.3) is 0 Å². The molecule has 1 amide bonds. The number of ether oxygens (including phenoxy) is 1. The predicted octanol–water partition coefficient (Wildman–Crippen LogP) is 2.61. The van der Waals surface area contributed by atoms with E-state index in [9.17, 15) is 9.90 Å². The summed E-state index contributed by atoms with van der Waals surface area (Å²) < 4.78 is 5.42. The van der Waals surface area contributed by atoms with Crippen LogP contribution in [0.5, 0.6) is 5.75 Å². The van der Waals surface area contributed by atoms with Crippen LogP contribution in [-0.2, 0) is 0 Å². The lowest BCUT2D eigenvalue weighted by Crippen LogP contribution is -2.28. The van der Waals surface area contributed by atoms with Gasteiger partial charge in [-0.2, -0.15) is 11.3 Å². The van der Waals surface area contributed by atoms with Crippen molar-refractivity contribution in [1.29, 1.82) is 0 Å². The molecule has 0 fully saturated rings. The van der Waals surface area contributed by atoms with Crippen molar-refractivity contribution in [3.8, 4) is 5.75 Å². The van der Waals surface area contributed by atoms with Crippen molar-refractivity contribution in [3.05, 3.63) is 52.2 Å². The molecule has 20 heavy (non-hydrogen) atoms. The Morgan fingerprint density at radius 1 is 1.40 bits per heavy atom. The Morgan fingerprint density at radius 2 is 2.20 bits per heavy atom. The van der Waals surface area contributed by atoms with E-state index in [-0.39, 0.29) is 12.5 Å². The summed E-state index contributed by atoms with van der Waals surface area (Å²) in [6, 6.07) is 8.91. The molecule has 106 valence electrons. The van der Waals surface area contributed by atoms with E-state index in [0.717, 1.165) is 5.56 Å². The normalized spacial score (nSPS) is 11.9. The molecule has 0 radical (unpaired) electrons. The van der Waals surface area contributed by atoms with E-state index in [1.54, 1.807) is 18.2 Å². The average molecular weight is 291 g/mol. The van der Waals surface area contributed by atoms with Gasteiger partial charge in [0.2, 0.25) is 0 Å². The molecule has 0 saturated heterocycles. The van der Waals surface area contributed by atoms with Crippen LogP contribution in [0.3, 0.4) is 0 Å². The predicted molar refractivity (Wildman–Crippen MR) is 79.2 cm³/mol. The highest BCUT2D eigenvalue weighted by Gasteiger charge is 2.14. The zero-order valence-electron chi connectivity index (χ0n) is 11.2. The molecule has 1 heterocycles. The van der Waals surface area contributed by atoms with Gasteiger partial charge >= 0.3 is 0 Å². The van der Waals surface area contributed by atoms with Crippen molar-refractivity contribution in [2.24, 2.45) is 0 Å². The third-order valence-corrected chi connectivity index (χ3v) is 3.52. The maximum Gasteiger partial charge on any atom is 0.255 e. The lowest BCUT2D eigenvalue weighted by molar-refractivity contribution is 0.0913. The molecule has 5 heteroatoms. The number of hydrogen-bond acceptors (Lipinski definition) is 4. The first kappa shape index (κ1) is 14.6. The van der Waals surface area contributed by atoms with E-state index in [1.807, 2.05) is 29.8 Å². The van der Waals surface area contributed by atoms with Gasteiger partial charge < -0.3 is 15.2 Å². The van der Waals surface area contributed by atoms with Crippen LogP contribution in [0, 0.1) is 0 Å². The van der Waals surface area contributed by atoms with Gasteiger partial charge in [0.05, 0.1) is 18.3 Å². The van der Waals surface area contributed by atoms with Crippen molar-refractivity contribution in [2.75, 3.05) is 13.2 Å². The number of rotatable bonds is 6. The molecule has 0 aliphatic heterocycles. The minimum absolute atomic E-state index is 0.177. The fourth-order valence-electron chi connectivity index (χ4n) is 1.80. The van der Waals surface area contributed by atoms with E-state index in [4.69, 9.17) is 4.74 Å². The maximum atomic E-state index is 12.1. The molecule has 2 rings (SSSR count). The third-order valence-electron chi connectivity index (χ3n) is 2.82. The highest BCUT2D eigenvalue weighted by Crippen LogP contribution is 2.19. The number of para-hydroxylation sites is 1. The fourth-order valence-corrected chi connectivity index (χ4v) is 2.51. The lowest BCUT2D eigenvalue weighted by atomic mass is 10.1. The van der Waals surface area contributed by atoms with Gasteiger partial charge in [0.15, 0.2) is 0 Å². The number of aliphatic hydroxyl groups is 1. The summed E-state index contributed by atoms with van der Waals surface area (Å²) in [5, 5.41) is 16.4. The van der Waals surface area contributed by atoms with Gasteiger partial charge in [0.1, 0.15) is 5.75 Å². The maximum absolute atomic E-state index is 12.1. The smallest absolute Gasteiger partial charge is 0.255 e. The topological polar surface area (TPSA) is 58.6 Å². The Kier molecular flexibility index (Phi) is 5.15. The van der Waals surface area contributed by atoms with E-state index < -0.39 is 6.10 Å². The standard InChI is InChI=1S/C15H17NO3S/c1-2-19-14-6-4-3-5-12(14)15(18)16-9-13(17)11-7-8-20-10-11/h3-8,10,13,17H,2,9H2,1H3,(H,16,18). The lowest BCUT2D eigenvalue weighted by Gasteiger charge is -2.13. The summed E-state index contributed by atoms with van der Waals surface area (Å²) in [6.07, 6.45) is -0.690. The minimum Gasteiger partial charge on any atom is -0.493 e. The largest absolute Gasteiger partial charge is 0.493 e. The molecule has 2 N–H and O–H groups in total. The van der Waals surface area contributed by atoms with Crippen molar-refractivity contribution in [1.82, 2.24) is 5.32 Å². The number of carbonyl (C=O) groups is 1. The molecule has 1 aromatic heterocycles. The molecule has 0 bridgehead atoms. The van der Waals surface area contributed by atoms with Gasteiger partial charge in [-0.3, -0.25) is 4.79 Å². The molecular weight excluding hydrogens is 274 g/mol. The third kappa shape index (κ3) is 3.59. The summed E-state index contributed by atoms with van der Waals surface area (Å²) in [4.78, 5) is 12.1. The molecule has 4 nitrogen and oxygen atoms in total. The van der Waals surface area contributed by atoms with Crippen LogP contribution in [0.15, 0.2) is 41.1 Å². The molecule has 2 aromatic rings. The van der Waals surface area contributed by atoms with Crippen molar-refractivity contribution >= 4 is 17.2 Å². The van der Waals surface area contributed by atoms with Crippen LogP contribution < -0.4 is 10.1 Å². The molecule has 1 aromatic carbocycles. The van der Waals surface area contributed by atoms with Crippen LogP contribution in [0.1, 0.15) is 28.9 Å². The van der Waals surface area contributed by atoms with Crippen molar-refractivity contribution in [3.63, 3.8) is 0 Å². The molecule has 1 unspecified atom stereocenters. The van der Waals surface area contributed by atoms with Gasteiger partial charge in [0.25, 0.3) is 5.91 Å². The Bertz CT molecular complexity index is 554. The average Bonchev–Trinajstić information content (AvgIpc) is 2.99. The SMILES string of the molecule is CCOc1ccccc1C(=O)NCC(O)c1ccsc1. The Balaban J connectivity index is 1.98. The number of nitrogens with one attached hydrogen (secondary N) is 1. The number of benzene rings is 1. The highest BCUT2D eigenvalue weighted by atomic mass is 32.1. The highest BCUT2D eigenvalue weighted by molar-refractivity contribution is 7.07. The fraction of sp³-hybridized carbons (Fsp3) is 0.267. The first-order valence-corrected chi connectivity index (χ1v) is 7.36. The molecule has 0 spiro atoms. The zero-order valence-corrected chi connectivity index (χ0v) is 12.0.